The van der Waals surface area contributed by atoms with Crippen LogP contribution in [0.5, 0.6) is 0 Å². The third-order valence-corrected chi connectivity index (χ3v) is 3.33. The molecule has 1 aromatic carbocycles. The van der Waals surface area contributed by atoms with Crippen LogP contribution in [0.15, 0.2) is 18.2 Å². The molecular weight excluding hydrogens is 231 g/mol. The fraction of sp³-hybridized carbons (Fsp3) is 0.385. The third kappa shape index (κ3) is 2.13. The SMILES string of the molecule is Nc1nc(CC2CCCN2)nc2cc(F)ccc12. The number of nitrogens with one attached hydrogen (secondary N) is 1. The van der Waals surface area contributed by atoms with Crippen LogP contribution < -0.4 is 11.1 Å². The lowest BCUT2D eigenvalue weighted by atomic mass is 10.1. The van der Waals surface area contributed by atoms with Crippen molar-refractivity contribution in [2.45, 2.75) is 25.3 Å². The highest BCUT2D eigenvalue weighted by molar-refractivity contribution is 5.87. The van der Waals surface area contributed by atoms with Crippen LogP contribution in [0.1, 0.15) is 18.7 Å². The van der Waals surface area contributed by atoms with Crippen molar-refractivity contribution in [1.82, 2.24) is 15.3 Å². The molecule has 4 nitrogen and oxygen atoms in total. The van der Waals surface area contributed by atoms with E-state index in [2.05, 4.69) is 15.3 Å². The van der Waals surface area contributed by atoms with E-state index in [0.29, 0.717) is 28.6 Å². The van der Waals surface area contributed by atoms with Gasteiger partial charge in [0.25, 0.3) is 0 Å². The van der Waals surface area contributed by atoms with Crippen LogP contribution in [-0.4, -0.2) is 22.6 Å². The Morgan fingerprint density at radius 3 is 3.06 bits per heavy atom. The molecule has 3 N–H and O–H groups in total. The smallest absolute Gasteiger partial charge is 0.135 e. The zero-order valence-corrected chi connectivity index (χ0v) is 9.99. The van der Waals surface area contributed by atoms with Crippen molar-refractivity contribution in [3.63, 3.8) is 0 Å². The Hall–Kier alpha value is -1.75. The summed E-state index contributed by atoms with van der Waals surface area (Å²) in [7, 11) is 0. The van der Waals surface area contributed by atoms with Gasteiger partial charge in [-0.15, -0.1) is 0 Å². The highest BCUT2D eigenvalue weighted by Gasteiger charge is 2.16. The molecule has 2 aromatic rings. The Balaban J connectivity index is 1.97. The number of rotatable bonds is 2. The number of anilines is 1. The summed E-state index contributed by atoms with van der Waals surface area (Å²) in [5.41, 5.74) is 6.47. The number of hydrogen-bond donors (Lipinski definition) is 2. The lowest BCUT2D eigenvalue weighted by molar-refractivity contribution is 0.587. The summed E-state index contributed by atoms with van der Waals surface area (Å²) in [4.78, 5) is 8.69. The first-order valence-corrected chi connectivity index (χ1v) is 6.17. The summed E-state index contributed by atoms with van der Waals surface area (Å²) < 4.78 is 13.2. The van der Waals surface area contributed by atoms with E-state index in [0.717, 1.165) is 19.4 Å². The topological polar surface area (TPSA) is 63.8 Å². The second kappa shape index (κ2) is 4.49. The number of fused-ring (bicyclic) bond motifs is 1. The van der Waals surface area contributed by atoms with E-state index < -0.39 is 0 Å². The molecular formula is C13H15FN4. The second-order valence-corrected chi connectivity index (χ2v) is 4.68. The summed E-state index contributed by atoms with van der Waals surface area (Å²) in [5.74, 6) is 0.809. The Kier molecular flexibility index (Phi) is 2.83. The van der Waals surface area contributed by atoms with Gasteiger partial charge >= 0.3 is 0 Å². The maximum absolute atomic E-state index is 13.2. The van der Waals surface area contributed by atoms with Crippen molar-refractivity contribution in [3.8, 4) is 0 Å². The van der Waals surface area contributed by atoms with Crippen LogP contribution in [-0.2, 0) is 6.42 Å². The van der Waals surface area contributed by atoms with Gasteiger partial charge < -0.3 is 11.1 Å². The Bertz CT molecular complexity index is 578. The maximum Gasteiger partial charge on any atom is 0.135 e. The Labute approximate surface area is 104 Å². The highest BCUT2D eigenvalue weighted by Crippen LogP contribution is 2.20. The molecule has 18 heavy (non-hydrogen) atoms. The maximum atomic E-state index is 13.2. The molecule has 0 amide bonds. The molecule has 0 bridgehead atoms. The first-order valence-electron chi connectivity index (χ1n) is 6.17. The minimum absolute atomic E-state index is 0.300. The normalized spacial score (nSPS) is 19.5. The summed E-state index contributed by atoms with van der Waals surface area (Å²) in [5, 5.41) is 4.10. The van der Waals surface area contributed by atoms with Crippen LogP contribution in [0.2, 0.25) is 0 Å². The molecule has 5 heteroatoms. The molecule has 1 atom stereocenters. The summed E-state index contributed by atoms with van der Waals surface area (Å²) in [6.45, 7) is 1.04. The molecule has 2 heterocycles. The zero-order chi connectivity index (χ0) is 12.5. The van der Waals surface area contributed by atoms with E-state index in [1.165, 1.54) is 18.6 Å². The van der Waals surface area contributed by atoms with E-state index >= 15 is 0 Å². The molecule has 1 saturated heterocycles. The molecule has 0 saturated carbocycles. The van der Waals surface area contributed by atoms with Crippen molar-refractivity contribution in [2.24, 2.45) is 0 Å². The fourth-order valence-corrected chi connectivity index (χ4v) is 2.42. The number of nitrogens with zero attached hydrogens (tertiary/aromatic N) is 2. The number of nitrogens with two attached hydrogens (primary N) is 1. The second-order valence-electron chi connectivity index (χ2n) is 4.68. The van der Waals surface area contributed by atoms with Gasteiger partial charge in [0.2, 0.25) is 0 Å². The van der Waals surface area contributed by atoms with E-state index in [9.17, 15) is 4.39 Å². The minimum Gasteiger partial charge on any atom is -0.383 e. The average Bonchev–Trinajstić information content (AvgIpc) is 2.81. The monoisotopic (exact) mass is 246 g/mol. The molecule has 1 aliphatic rings. The largest absolute Gasteiger partial charge is 0.383 e. The van der Waals surface area contributed by atoms with E-state index in [1.807, 2.05) is 0 Å². The lowest BCUT2D eigenvalue weighted by Gasteiger charge is -2.10. The first kappa shape index (κ1) is 11.3. The van der Waals surface area contributed by atoms with Crippen molar-refractivity contribution < 1.29 is 4.39 Å². The minimum atomic E-state index is -0.300. The molecule has 0 spiro atoms. The predicted molar refractivity (Wildman–Crippen MR) is 68.6 cm³/mol. The first-order chi connectivity index (χ1) is 8.72. The molecule has 1 fully saturated rings. The molecule has 0 aliphatic carbocycles. The zero-order valence-electron chi connectivity index (χ0n) is 9.99. The summed E-state index contributed by atoms with van der Waals surface area (Å²) >= 11 is 0. The summed E-state index contributed by atoms with van der Waals surface area (Å²) in [6.07, 6.45) is 3.06. The van der Waals surface area contributed by atoms with E-state index in [4.69, 9.17) is 5.73 Å². The van der Waals surface area contributed by atoms with Crippen molar-refractivity contribution in [2.75, 3.05) is 12.3 Å². The van der Waals surface area contributed by atoms with Gasteiger partial charge in [-0.1, -0.05) is 0 Å². The van der Waals surface area contributed by atoms with Crippen molar-refractivity contribution >= 4 is 16.7 Å². The van der Waals surface area contributed by atoms with Crippen LogP contribution in [0.3, 0.4) is 0 Å². The van der Waals surface area contributed by atoms with Gasteiger partial charge in [0.1, 0.15) is 17.5 Å². The number of hydrogen-bond acceptors (Lipinski definition) is 4. The lowest BCUT2D eigenvalue weighted by Crippen LogP contribution is -2.24. The molecule has 0 radical (unpaired) electrons. The van der Waals surface area contributed by atoms with Gasteiger partial charge in [0.05, 0.1) is 5.52 Å². The summed E-state index contributed by atoms with van der Waals surface area (Å²) in [6, 6.07) is 4.81. The third-order valence-electron chi connectivity index (χ3n) is 3.33. The van der Waals surface area contributed by atoms with Gasteiger partial charge in [-0.25, -0.2) is 14.4 Å². The molecule has 1 aromatic heterocycles. The van der Waals surface area contributed by atoms with Gasteiger partial charge in [0, 0.05) is 23.9 Å². The van der Waals surface area contributed by atoms with Crippen molar-refractivity contribution in [3.05, 3.63) is 29.8 Å². The van der Waals surface area contributed by atoms with E-state index in [1.54, 1.807) is 6.07 Å². The number of nitrogen functional groups attached to an aromatic ring is 1. The van der Waals surface area contributed by atoms with Crippen LogP contribution in [0.4, 0.5) is 10.2 Å². The van der Waals surface area contributed by atoms with Gasteiger partial charge in [-0.2, -0.15) is 0 Å². The van der Waals surface area contributed by atoms with Gasteiger partial charge in [-0.05, 0) is 31.5 Å². The standard InChI is InChI=1S/C13H15FN4/c14-8-3-4-10-11(6-8)17-12(18-13(10)15)7-9-2-1-5-16-9/h3-4,6,9,16H,1-2,5,7H2,(H2,15,17,18). The van der Waals surface area contributed by atoms with Gasteiger partial charge in [-0.3, -0.25) is 0 Å². The van der Waals surface area contributed by atoms with Crippen LogP contribution in [0, 0.1) is 5.82 Å². The Morgan fingerprint density at radius 2 is 2.28 bits per heavy atom. The Morgan fingerprint density at radius 1 is 1.39 bits per heavy atom. The molecule has 94 valence electrons. The molecule has 1 aliphatic heterocycles. The van der Waals surface area contributed by atoms with Crippen molar-refractivity contribution in [1.29, 1.82) is 0 Å². The predicted octanol–water partition coefficient (Wildman–Crippen LogP) is 1.65. The highest BCUT2D eigenvalue weighted by atomic mass is 19.1. The fourth-order valence-electron chi connectivity index (χ4n) is 2.42. The molecule has 1 unspecified atom stereocenters. The van der Waals surface area contributed by atoms with E-state index in [-0.39, 0.29) is 5.82 Å². The number of aromatic nitrogens is 2. The molecule has 3 rings (SSSR count). The number of benzene rings is 1. The van der Waals surface area contributed by atoms with Gasteiger partial charge in [0.15, 0.2) is 0 Å². The van der Waals surface area contributed by atoms with Crippen LogP contribution >= 0.6 is 0 Å². The average molecular weight is 246 g/mol. The number of halogens is 1. The quantitative estimate of drug-likeness (QED) is 0.845. The van der Waals surface area contributed by atoms with Crippen LogP contribution in [0.25, 0.3) is 10.9 Å².